The Morgan fingerprint density at radius 3 is 2.04 bits per heavy atom. The number of carbonyl (C=O) groups excluding carboxylic acids is 2. The number of ketones is 1. The summed E-state index contributed by atoms with van der Waals surface area (Å²) >= 11 is 0. The fourth-order valence-corrected chi connectivity index (χ4v) is 8.41. The molecule has 298 valence electrons. The molecule has 3 fully saturated rings. The number of likely N-dealkylation sites (N-methyl/N-ethyl adjacent to an activating group) is 1. The van der Waals surface area contributed by atoms with Gasteiger partial charge in [-0.25, -0.2) is 0 Å². The summed E-state index contributed by atoms with van der Waals surface area (Å²) in [5, 5.41) is 57.6. The van der Waals surface area contributed by atoms with E-state index in [9.17, 15) is 35.1 Å². The fraction of sp³-hybridized carbons (Fsp3) is 0.946. The highest BCUT2D eigenvalue weighted by molar-refractivity contribution is 5.83. The van der Waals surface area contributed by atoms with Gasteiger partial charge in [0.1, 0.15) is 29.7 Å². The topological polar surface area (TPSA) is 194 Å². The van der Waals surface area contributed by atoms with E-state index in [1.807, 2.05) is 25.9 Å². The summed E-state index contributed by atoms with van der Waals surface area (Å²) in [6.45, 7) is 16.3. The lowest BCUT2D eigenvalue weighted by Gasteiger charge is -2.49. The molecule has 5 N–H and O–H groups in total. The first-order chi connectivity index (χ1) is 23.4. The number of aliphatic hydroxyl groups is 5. The molecule has 0 bridgehead atoms. The quantitative estimate of drug-likeness (QED) is 0.238. The van der Waals surface area contributed by atoms with Gasteiger partial charge in [0.05, 0.1) is 47.6 Å². The largest absolute Gasteiger partial charge is 0.459 e. The lowest BCUT2D eigenvalue weighted by molar-refractivity contribution is -0.318. The van der Waals surface area contributed by atoms with Crippen LogP contribution in [0.1, 0.15) is 94.9 Å². The van der Waals surface area contributed by atoms with Crippen molar-refractivity contribution in [1.29, 1.82) is 0 Å². The van der Waals surface area contributed by atoms with Crippen molar-refractivity contribution in [2.45, 2.75) is 179 Å². The molecular weight excluding hydrogens is 666 g/mol. The molecule has 0 amide bonds. The van der Waals surface area contributed by atoms with Crippen molar-refractivity contribution in [3.05, 3.63) is 0 Å². The molecule has 0 saturated carbocycles. The second-order valence-corrected chi connectivity index (χ2v) is 16.5. The molecule has 3 rings (SSSR count). The van der Waals surface area contributed by atoms with Crippen LogP contribution in [-0.2, 0) is 38.0 Å². The Morgan fingerprint density at radius 2 is 1.49 bits per heavy atom. The number of nitrogens with zero attached hydrogens (tertiary/aromatic N) is 1. The van der Waals surface area contributed by atoms with Crippen LogP contribution in [0.25, 0.3) is 0 Å². The number of cyclic esters (lactones) is 1. The molecule has 0 aromatic carbocycles. The molecule has 3 aliphatic rings. The van der Waals surface area contributed by atoms with Crippen LogP contribution in [-0.4, -0.2) is 148 Å². The van der Waals surface area contributed by atoms with E-state index in [1.165, 1.54) is 27.9 Å². The van der Waals surface area contributed by atoms with Gasteiger partial charge in [-0.15, -0.1) is 0 Å². The van der Waals surface area contributed by atoms with Gasteiger partial charge in [0, 0.05) is 37.3 Å². The number of rotatable bonds is 7. The van der Waals surface area contributed by atoms with Crippen LogP contribution in [0.3, 0.4) is 0 Å². The van der Waals surface area contributed by atoms with Gasteiger partial charge >= 0.3 is 5.97 Å². The first kappa shape index (κ1) is 44.1. The van der Waals surface area contributed by atoms with E-state index < -0.39 is 108 Å². The summed E-state index contributed by atoms with van der Waals surface area (Å²) in [6, 6.07) is -0.324. The minimum atomic E-state index is -1.99. The van der Waals surface area contributed by atoms with E-state index in [1.54, 1.807) is 41.5 Å². The van der Waals surface area contributed by atoms with E-state index >= 15 is 0 Å². The third-order valence-corrected chi connectivity index (χ3v) is 11.8. The lowest BCUT2D eigenvalue weighted by atomic mass is 9.74. The van der Waals surface area contributed by atoms with Crippen molar-refractivity contribution >= 4 is 11.8 Å². The molecule has 0 aromatic rings. The molecule has 14 heteroatoms. The van der Waals surface area contributed by atoms with Crippen molar-refractivity contribution < 1.29 is 63.5 Å². The molecule has 0 aliphatic carbocycles. The summed E-state index contributed by atoms with van der Waals surface area (Å²) < 4.78 is 37.1. The van der Waals surface area contributed by atoms with Crippen molar-refractivity contribution in [1.82, 2.24) is 4.90 Å². The zero-order valence-corrected chi connectivity index (χ0v) is 32.9. The van der Waals surface area contributed by atoms with E-state index in [4.69, 9.17) is 28.4 Å². The summed E-state index contributed by atoms with van der Waals surface area (Å²) in [5.41, 5.74) is -4.84. The zero-order chi connectivity index (χ0) is 39.0. The van der Waals surface area contributed by atoms with Gasteiger partial charge in [-0.2, -0.15) is 0 Å². The second kappa shape index (κ2) is 17.0. The SMILES string of the molecule is CC[C@H]1OC(=O)[C@H](C)C(O[C@H]2C[C@@](C)(OC)[C@@H](O)[C@H](C)O2)C(C)C(OC2O[C@H](C)C[C@H](N(C)C)[C@H]2O)[C@](C)(O)C[C@@H](C)C(=O)[C@H](C)C(O)[C@]1(C)O. The third-order valence-electron chi connectivity index (χ3n) is 11.8. The number of aliphatic hydroxyl groups excluding tert-OH is 3. The van der Waals surface area contributed by atoms with Gasteiger partial charge in [-0.05, 0) is 74.9 Å². The Bertz CT molecular complexity index is 1170. The molecule has 18 atom stereocenters. The highest BCUT2D eigenvalue weighted by Gasteiger charge is 2.53. The molecule has 14 nitrogen and oxygen atoms in total. The van der Waals surface area contributed by atoms with Crippen LogP contribution in [0.2, 0.25) is 0 Å². The molecule has 3 saturated heterocycles. The van der Waals surface area contributed by atoms with Gasteiger partial charge in [0.15, 0.2) is 12.6 Å². The average Bonchev–Trinajstić information content (AvgIpc) is 3.05. The van der Waals surface area contributed by atoms with E-state index in [2.05, 4.69) is 0 Å². The number of Topliss-reactive ketones (excluding diaryl/α,β-unsaturated/α-hetero) is 1. The van der Waals surface area contributed by atoms with Crippen molar-refractivity contribution in [3.63, 3.8) is 0 Å². The van der Waals surface area contributed by atoms with Crippen LogP contribution < -0.4 is 0 Å². The van der Waals surface area contributed by atoms with Crippen LogP contribution in [0, 0.1) is 23.7 Å². The molecule has 51 heavy (non-hydrogen) atoms. The third kappa shape index (κ3) is 9.51. The van der Waals surface area contributed by atoms with Crippen LogP contribution in [0.15, 0.2) is 0 Å². The zero-order valence-electron chi connectivity index (χ0n) is 32.9. The van der Waals surface area contributed by atoms with Crippen molar-refractivity contribution in [3.8, 4) is 0 Å². The first-order valence-electron chi connectivity index (χ1n) is 18.5. The molecule has 0 spiro atoms. The number of carbonyl (C=O) groups is 2. The summed E-state index contributed by atoms with van der Waals surface area (Å²) in [6.07, 6.45) is -9.71. The Balaban J connectivity index is 2.18. The predicted octanol–water partition coefficient (Wildman–Crippen LogP) is 1.79. The maximum Gasteiger partial charge on any atom is 0.311 e. The monoisotopic (exact) mass is 733 g/mol. The number of hydrogen-bond acceptors (Lipinski definition) is 14. The van der Waals surface area contributed by atoms with Crippen molar-refractivity contribution in [2.24, 2.45) is 23.7 Å². The molecule has 3 aliphatic heterocycles. The molecule has 3 heterocycles. The predicted molar refractivity (Wildman–Crippen MR) is 186 cm³/mol. The van der Waals surface area contributed by atoms with Gasteiger partial charge in [-0.1, -0.05) is 27.7 Å². The average molecular weight is 734 g/mol. The Hall–Kier alpha value is -1.30. The Morgan fingerprint density at radius 1 is 0.882 bits per heavy atom. The Kier molecular flexibility index (Phi) is 14.7. The summed E-state index contributed by atoms with van der Waals surface area (Å²) in [7, 11) is 5.18. The standard InChI is InChI=1S/C37H67NO13/c1-14-25-37(10,45)30(41)20(4)27(39)18(2)16-35(8,44)32(51-34-28(40)24(38(11)12)15-19(3)47-34)21(5)29(22(6)33(43)49-25)50-26-17-36(9,46-13)31(42)23(7)48-26/h18-26,28-32,34,40-42,44-45H,14-17H2,1-13H3/t18-,19-,20+,21?,22-,23+,24+,25-,26+,28-,29?,30?,31+,32?,34?,35-,36-,37-/m1/s1. The minimum absolute atomic E-state index is 0.0936. The van der Waals surface area contributed by atoms with Crippen LogP contribution >= 0.6 is 0 Å². The number of methoxy groups -OCH3 is 1. The van der Waals surface area contributed by atoms with Crippen LogP contribution in [0.5, 0.6) is 0 Å². The minimum Gasteiger partial charge on any atom is -0.459 e. The second-order valence-electron chi connectivity index (χ2n) is 16.5. The lowest BCUT2D eigenvalue weighted by Crippen LogP contribution is -2.61. The van der Waals surface area contributed by atoms with Gasteiger partial charge in [0.2, 0.25) is 0 Å². The fourth-order valence-electron chi connectivity index (χ4n) is 8.41. The highest BCUT2D eigenvalue weighted by atomic mass is 16.7. The smallest absolute Gasteiger partial charge is 0.311 e. The maximum absolute atomic E-state index is 14.1. The summed E-state index contributed by atoms with van der Waals surface area (Å²) in [4.78, 5) is 29.8. The summed E-state index contributed by atoms with van der Waals surface area (Å²) in [5.74, 6) is -4.98. The molecule has 5 unspecified atom stereocenters. The van der Waals surface area contributed by atoms with E-state index in [0.717, 1.165) is 0 Å². The molecular formula is C37H67NO13. The number of hydrogen-bond donors (Lipinski definition) is 5. The van der Waals surface area contributed by atoms with Crippen molar-refractivity contribution in [2.75, 3.05) is 21.2 Å². The van der Waals surface area contributed by atoms with Gasteiger partial charge in [-0.3, -0.25) is 9.59 Å². The van der Waals surface area contributed by atoms with Crippen LogP contribution in [0.4, 0.5) is 0 Å². The molecule has 0 aromatic heterocycles. The highest BCUT2D eigenvalue weighted by Crippen LogP contribution is 2.40. The maximum atomic E-state index is 14.1. The normalized spacial score (nSPS) is 49.7. The Labute approximate surface area is 304 Å². The van der Waals surface area contributed by atoms with E-state index in [-0.39, 0.29) is 31.4 Å². The first-order valence-corrected chi connectivity index (χ1v) is 18.5. The van der Waals surface area contributed by atoms with Gasteiger partial charge in [0.25, 0.3) is 0 Å². The van der Waals surface area contributed by atoms with E-state index in [0.29, 0.717) is 6.42 Å². The number of esters is 1. The van der Waals surface area contributed by atoms with Gasteiger partial charge < -0.3 is 58.9 Å². The number of ether oxygens (including phenoxy) is 6. The molecule has 0 radical (unpaired) electrons.